The van der Waals surface area contributed by atoms with Crippen LogP contribution in [-0.4, -0.2) is 24.5 Å². The second-order valence-electron chi connectivity index (χ2n) is 2.47. The maximum Gasteiger partial charge on any atom is 0.00643 e. The minimum absolute atomic E-state index is 0. The lowest BCUT2D eigenvalue weighted by atomic mass is 10.3. The molecule has 0 spiro atoms. The molecule has 1 unspecified atom stereocenters. The molecule has 1 heterocycles. The predicted molar refractivity (Wildman–Crippen MR) is 41.6 cm³/mol. The van der Waals surface area contributed by atoms with Gasteiger partial charge in [-0.3, -0.25) is 0 Å². The third kappa shape index (κ3) is 1.75. The fourth-order valence-corrected chi connectivity index (χ4v) is 1.08. The molecule has 1 atom stereocenters. The summed E-state index contributed by atoms with van der Waals surface area (Å²) >= 11 is 0. The highest BCUT2D eigenvalue weighted by atomic mass is 79.9. The highest BCUT2D eigenvalue weighted by Gasteiger charge is 2.14. The molecule has 1 aliphatic rings. The molecule has 0 aromatic carbocycles. The van der Waals surface area contributed by atoms with Crippen LogP contribution < -0.4 is 0 Å². The Bertz CT molecular complexity index is 57.5. The molecular formula is C6H14BrN. The van der Waals surface area contributed by atoms with Crippen LogP contribution in [0.4, 0.5) is 0 Å². The Labute approximate surface area is 61.8 Å². The van der Waals surface area contributed by atoms with Crippen molar-refractivity contribution >= 4 is 17.0 Å². The summed E-state index contributed by atoms with van der Waals surface area (Å²) in [4.78, 5) is 2.40. The van der Waals surface area contributed by atoms with Crippen LogP contribution in [0.25, 0.3) is 0 Å². The molecule has 0 aromatic heterocycles. The lowest BCUT2D eigenvalue weighted by Gasteiger charge is -2.12. The van der Waals surface area contributed by atoms with E-state index in [-0.39, 0.29) is 17.0 Å². The molecule has 1 fully saturated rings. The van der Waals surface area contributed by atoms with Gasteiger partial charge >= 0.3 is 0 Å². The van der Waals surface area contributed by atoms with Crippen molar-refractivity contribution in [2.75, 3.05) is 13.6 Å². The van der Waals surface area contributed by atoms with E-state index < -0.39 is 0 Å². The smallest absolute Gasteiger partial charge is 0.00643 e. The average molecular weight is 180 g/mol. The zero-order chi connectivity index (χ0) is 5.28. The van der Waals surface area contributed by atoms with Gasteiger partial charge in [0, 0.05) is 6.04 Å². The van der Waals surface area contributed by atoms with Crippen LogP contribution in [0.3, 0.4) is 0 Å². The van der Waals surface area contributed by atoms with Crippen molar-refractivity contribution in [3.8, 4) is 0 Å². The summed E-state index contributed by atoms with van der Waals surface area (Å²) in [6.07, 6.45) is 2.80. The Morgan fingerprint density at radius 2 is 2.12 bits per heavy atom. The quantitative estimate of drug-likeness (QED) is 0.548. The first-order valence-corrected chi connectivity index (χ1v) is 3.01. The van der Waals surface area contributed by atoms with Crippen LogP contribution in [0.1, 0.15) is 19.8 Å². The Hall–Kier alpha value is 0.440. The molecule has 50 valence electrons. The van der Waals surface area contributed by atoms with E-state index in [1.807, 2.05) is 0 Å². The highest BCUT2D eigenvalue weighted by Crippen LogP contribution is 2.12. The molecule has 1 rings (SSSR count). The Morgan fingerprint density at radius 1 is 1.50 bits per heavy atom. The molecule has 1 saturated heterocycles. The van der Waals surface area contributed by atoms with Crippen molar-refractivity contribution in [3.63, 3.8) is 0 Å². The topological polar surface area (TPSA) is 3.24 Å². The first kappa shape index (κ1) is 8.44. The number of hydrogen-bond acceptors (Lipinski definition) is 1. The predicted octanol–water partition coefficient (Wildman–Crippen LogP) is 1.68. The van der Waals surface area contributed by atoms with E-state index >= 15 is 0 Å². The molecule has 0 amide bonds. The van der Waals surface area contributed by atoms with Crippen LogP contribution in [0.15, 0.2) is 0 Å². The second-order valence-corrected chi connectivity index (χ2v) is 2.47. The summed E-state index contributed by atoms with van der Waals surface area (Å²) in [7, 11) is 2.19. The van der Waals surface area contributed by atoms with E-state index in [2.05, 4.69) is 18.9 Å². The van der Waals surface area contributed by atoms with E-state index in [0.29, 0.717) is 0 Å². The lowest BCUT2D eigenvalue weighted by molar-refractivity contribution is 0.331. The van der Waals surface area contributed by atoms with E-state index in [4.69, 9.17) is 0 Å². The van der Waals surface area contributed by atoms with Gasteiger partial charge < -0.3 is 4.90 Å². The second kappa shape index (κ2) is 3.46. The molecular weight excluding hydrogens is 166 g/mol. The van der Waals surface area contributed by atoms with Crippen molar-refractivity contribution < 1.29 is 0 Å². The summed E-state index contributed by atoms with van der Waals surface area (Å²) in [6.45, 7) is 3.59. The highest BCUT2D eigenvalue weighted by molar-refractivity contribution is 8.93. The Morgan fingerprint density at radius 3 is 2.25 bits per heavy atom. The van der Waals surface area contributed by atoms with Gasteiger partial charge in [0.15, 0.2) is 0 Å². The number of hydrogen-bond donors (Lipinski definition) is 0. The van der Waals surface area contributed by atoms with Gasteiger partial charge in [-0.05, 0) is 33.4 Å². The first-order valence-electron chi connectivity index (χ1n) is 3.01. The number of likely N-dealkylation sites (tertiary alicyclic amines) is 1. The third-order valence-electron chi connectivity index (χ3n) is 1.89. The maximum atomic E-state index is 2.40. The molecule has 1 aliphatic heterocycles. The van der Waals surface area contributed by atoms with Crippen LogP contribution in [-0.2, 0) is 0 Å². The Kier molecular flexibility index (Phi) is 3.65. The van der Waals surface area contributed by atoms with Gasteiger partial charge in [-0.1, -0.05) is 0 Å². The Balaban J connectivity index is 0.000000490. The summed E-state index contributed by atoms with van der Waals surface area (Å²) in [5.74, 6) is 0. The molecule has 1 nitrogen and oxygen atoms in total. The van der Waals surface area contributed by atoms with Crippen LogP contribution in [0.2, 0.25) is 0 Å². The molecule has 0 aliphatic carbocycles. The van der Waals surface area contributed by atoms with Gasteiger partial charge in [0.05, 0.1) is 0 Å². The van der Waals surface area contributed by atoms with Crippen molar-refractivity contribution in [1.29, 1.82) is 0 Å². The monoisotopic (exact) mass is 179 g/mol. The molecule has 8 heavy (non-hydrogen) atoms. The van der Waals surface area contributed by atoms with Crippen LogP contribution >= 0.6 is 17.0 Å². The van der Waals surface area contributed by atoms with Crippen molar-refractivity contribution in [3.05, 3.63) is 0 Å². The van der Waals surface area contributed by atoms with Gasteiger partial charge in [-0.2, -0.15) is 0 Å². The zero-order valence-electron chi connectivity index (χ0n) is 5.55. The van der Waals surface area contributed by atoms with Crippen molar-refractivity contribution in [1.82, 2.24) is 4.90 Å². The van der Waals surface area contributed by atoms with Crippen LogP contribution in [0, 0.1) is 0 Å². The average Bonchev–Trinajstić information content (AvgIpc) is 1.91. The lowest BCUT2D eigenvalue weighted by Crippen LogP contribution is -2.20. The minimum atomic E-state index is 0. The number of nitrogens with zero attached hydrogens (tertiary/aromatic N) is 1. The SMILES string of the molecule is Br.CC1CCCN1C. The zero-order valence-corrected chi connectivity index (χ0v) is 7.27. The standard InChI is InChI=1S/C6H13N.BrH/c1-6-4-3-5-7(6)2;/h6H,3-5H2,1-2H3;1H. The normalized spacial score (nSPS) is 30.0. The third-order valence-corrected chi connectivity index (χ3v) is 1.89. The van der Waals surface area contributed by atoms with Gasteiger partial charge in [-0.15, -0.1) is 17.0 Å². The minimum Gasteiger partial charge on any atom is -0.304 e. The van der Waals surface area contributed by atoms with E-state index in [1.54, 1.807) is 0 Å². The summed E-state index contributed by atoms with van der Waals surface area (Å²) in [5, 5.41) is 0. The molecule has 0 radical (unpaired) electrons. The van der Waals surface area contributed by atoms with E-state index in [1.165, 1.54) is 19.4 Å². The summed E-state index contributed by atoms with van der Waals surface area (Å²) in [5.41, 5.74) is 0. The molecule has 0 N–H and O–H groups in total. The maximum absolute atomic E-state index is 2.40. The van der Waals surface area contributed by atoms with E-state index in [9.17, 15) is 0 Å². The van der Waals surface area contributed by atoms with Gasteiger partial charge in [0.25, 0.3) is 0 Å². The first-order chi connectivity index (χ1) is 3.30. The van der Waals surface area contributed by atoms with Gasteiger partial charge in [0.1, 0.15) is 0 Å². The fraction of sp³-hybridized carbons (Fsp3) is 1.00. The summed E-state index contributed by atoms with van der Waals surface area (Å²) in [6, 6.07) is 0.847. The fourth-order valence-electron chi connectivity index (χ4n) is 1.08. The van der Waals surface area contributed by atoms with Gasteiger partial charge in [0.2, 0.25) is 0 Å². The summed E-state index contributed by atoms with van der Waals surface area (Å²) < 4.78 is 0. The van der Waals surface area contributed by atoms with Crippen molar-refractivity contribution in [2.24, 2.45) is 0 Å². The molecule has 0 saturated carbocycles. The molecule has 0 bridgehead atoms. The number of halogens is 1. The molecule has 0 aromatic rings. The molecule has 2 heteroatoms. The van der Waals surface area contributed by atoms with Crippen molar-refractivity contribution in [2.45, 2.75) is 25.8 Å². The van der Waals surface area contributed by atoms with Gasteiger partial charge in [-0.25, -0.2) is 0 Å². The van der Waals surface area contributed by atoms with Crippen LogP contribution in [0.5, 0.6) is 0 Å². The van der Waals surface area contributed by atoms with E-state index in [0.717, 1.165) is 6.04 Å². The largest absolute Gasteiger partial charge is 0.304 e. The number of rotatable bonds is 0.